The van der Waals surface area contributed by atoms with E-state index in [4.69, 9.17) is 0 Å². The van der Waals surface area contributed by atoms with E-state index in [1.165, 1.54) is 18.4 Å². The van der Waals surface area contributed by atoms with Crippen molar-refractivity contribution in [1.82, 2.24) is 9.21 Å². The van der Waals surface area contributed by atoms with Crippen molar-refractivity contribution in [2.45, 2.75) is 36.3 Å². The van der Waals surface area contributed by atoms with Gasteiger partial charge in [0.2, 0.25) is 15.9 Å². The average Bonchev–Trinajstić information content (AvgIpc) is 2.86. The van der Waals surface area contributed by atoms with Crippen LogP contribution in [0, 0.1) is 5.92 Å². The van der Waals surface area contributed by atoms with E-state index in [2.05, 4.69) is 11.9 Å². The van der Waals surface area contributed by atoms with Gasteiger partial charge in [-0.1, -0.05) is 31.2 Å². The second-order valence-electron chi connectivity index (χ2n) is 6.68. The molecule has 25 heavy (non-hydrogen) atoms. The van der Waals surface area contributed by atoms with Crippen LogP contribution in [0.5, 0.6) is 0 Å². The Morgan fingerprint density at radius 1 is 1.32 bits per heavy atom. The molecule has 1 aromatic rings. The maximum absolute atomic E-state index is 12.6. The summed E-state index contributed by atoms with van der Waals surface area (Å²) < 4.78 is 25.8. The van der Waals surface area contributed by atoms with Gasteiger partial charge in [0.05, 0.1) is 10.6 Å². The van der Waals surface area contributed by atoms with Gasteiger partial charge >= 0.3 is 0 Å². The monoisotopic (exact) mass is 381 g/mol. The number of carbonyl (C=O) groups is 1. The van der Waals surface area contributed by atoms with Gasteiger partial charge in [0.1, 0.15) is 0 Å². The number of benzene rings is 1. The first kappa shape index (κ1) is 18.4. The first-order valence-corrected chi connectivity index (χ1v) is 10.7. The number of amides is 1. The average molecular weight is 382 g/mol. The minimum Gasteiger partial charge on any atom is -0.290 e. The van der Waals surface area contributed by atoms with Crippen LogP contribution in [0.4, 0.5) is 5.69 Å². The molecule has 6 nitrogen and oxygen atoms in total. The van der Waals surface area contributed by atoms with E-state index in [-0.39, 0.29) is 22.0 Å². The molecule has 0 bridgehead atoms. The fraction of sp³-hybridized carbons (Fsp3) is 0.529. The number of rotatable bonds is 4. The number of amidine groups is 1. The van der Waals surface area contributed by atoms with E-state index in [0.717, 1.165) is 19.3 Å². The van der Waals surface area contributed by atoms with E-state index in [0.29, 0.717) is 17.4 Å². The van der Waals surface area contributed by atoms with Crippen molar-refractivity contribution < 1.29 is 13.2 Å². The van der Waals surface area contributed by atoms with Gasteiger partial charge < -0.3 is 0 Å². The molecule has 0 radical (unpaired) electrons. The lowest BCUT2D eigenvalue weighted by Crippen LogP contribution is -2.39. The van der Waals surface area contributed by atoms with Gasteiger partial charge in [0, 0.05) is 31.8 Å². The lowest BCUT2D eigenvalue weighted by molar-refractivity contribution is -0.133. The molecule has 0 aromatic heterocycles. The fourth-order valence-corrected chi connectivity index (χ4v) is 4.77. The van der Waals surface area contributed by atoms with Crippen LogP contribution in [0.15, 0.2) is 34.2 Å². The van der Waals surface area contributed by atoms with Crippen LogP contribution < -0.4 is 0 Å². The molecule has 2 fully saturated rings. The molecule has 0 N–H and O–H groups in total. The minimum absolute atomic E-state index is 0.122. The summed E-state index contributed by atoms with van der Waals surface area (Å²) in [5.41, 5.74) is 0.547. The van der Waals surface area contributed by atoms with Crippen LogP contribution >= 0.6 is 11.8 Å². The summed E-state index contributed by atoms with van der Waals surface area (Å²) in [5.74, 6) is 0.274. The second kappa shape index (κ2) is 7.09. The fourth-order valence-electron chi connectivity index (χ4n) is 2.80. The summed E-state index contributed by atoms with van der Waals surface area (Å²) in [7, 11) is -0.502. The number of aliphatic imine (C=N–C) groups is 1. The predicted molar refractivity (Wildman–Crippen MR) is 101 cm³/mol. The molecule has 2 aliphatic rings. The Morgan fingerprint density at radius 2 is 2.04 bits per heavy atom. The van der Waals surface area contributed by atoms with Gasteiger partial charge in [-0.2, -0.15) is 0 Å². The highest BCUT2D eigenvalue weighted by Crippen LogP contribution is 2.34. The highest BCUT2D eigenvalue weighted by Gasteiger charge is 2.36. The smallest absolute Gasteiger partial charge is 0.242 e. The summed E-state index contributed by atoms with van der Waals surface area (Å²) in [6.45, 7) is 2.73. The molecule has 3 rings (SSSR count). The highest BCUT2D eigenvalue weighted by atomic mass is 32.2. The Kier molecular flexibility index (Phi) is 5.22. The topological polar surface area (TPSA) is 70.0 Å². The SMILES string of the molecule is C[C@@H]1CN(C(=O)C2CCC2)C(=Nc2cccc(S(=O)(=O)N(C)C)c2)S1. The Bertz CT molecular complexity index is 801. The second-order valence-corrected chi connectivity index (χ2v) is 10.2. The van der Waals surface area contributed by atoms with Crippen LogP contribution in [-0.4, -0.2) is 54.6 Å². The van der Waals surface area contributed by atoms with E-state index < -0.39 is 10.0 Å². The largest absolute Gasteiger partial charge is 0.290 e. The normalized spacial score (nSPS) is 23.3. The molecule has 1 aliphatic carbocycles. The molecular weight excluding hydrogens is 358 g/mol. The zero-order valence-corrected chi connectivity index (χ0v) is 16.3. The molecule has 1 aromatic carbocycles. The Morgan fingerprint density at radius 3 is 2.64 bits per heavy atom. The number of nitrogens with zero attached hydrogens (tertiary/aromatic N) is 3. The van der Waals surface area contributed by atoms with Crippen LogP contribution in [0.25, 0.3) is 0 Å². The quantitative estimate of drug-likeness (QED) is 0.804. The van der Waals surface area contributed by atoms with Gasteiger partial charge in [-0.15, -0.1) is 0 Å². The first-order chi connectivity index (χ1) is 11.8. The van der Waals surface area contributed by atoms with Gasteiger partial charge in [-0.25, -0.2) is 17.7 Å². The van der Waals surface area contributed by atoms with Gasteiger partial charge in [-0.3, -0.25) is 9.69 Å². The van der Waals surface area contributed by atoms with Crippen molar-refractivity contribution >= 4 is 38.5 Å². The van der Waals surface area contributed by atoms with Gasteiger partial charge in [0.15, 0.2) is 5.17 Å². The lowest BCUT2D eigenvalue weighted by Gasteiger charge is -2.28. The Balaban J connectivity index is 1.89. The van der Waals surface area contributed by atoms with E-state index in [9.17, 15) is 13.2 Å². The molecule has 1 saturated carbocycles. The van der Waals surface area contributed by atoms with Gasteiger partial charge in [0.25, 0.3) is 0 Å². The minimum atomic E-state index is -3.51. The highest BCUT2D eigenvalue weighted by molar-refractivity contribution is 8.14. The van der Waals surface area contributed by atoms with Crippen LogP contribution in [0.2, 0.25) is 0 Å². The predicted octanol–water partition coefficient (Wildman–Crippen LogP) is 2.69. The van der Waals surface area contributed by atoms with Crippen molar-refractivity contribution in [2.75, 3.05) is 20.6 Å². The number of carbonyl (C=O) groups excluding carboxylic acids is 1. The number of sulfonamides is 1. The summed E-state index contributed by atoms with van der Waals surface area (Å²) in [4.78, 5) is 19.2. The zero-order valence-electron chi connectivity index (χ0n) is 14.7. The summed E-state index contributed by atoms with van der Waals surface area (Å²) in [6, 6.07) is 6.55. The van der Waals surface area contributed by atoms with Crippen LogP contribution in [0.3, 0.4) is 0 Å². The molecule has 136 valence electrons. The molecular formula is C17H23N3O3S2. The molecule has 1 heterocycles. The molecule has 0 spiro atoms. The van der Waals surface area contributed by atoms with Crippen molar-refractivity contribution in [3.63, 3.8) is 0 Å². The van der Waals surface area contributed by atoms with Crippen LogP contribution in [0.1, 0.15) is 26.2 Å². The maximum atomic E-state index is 12.6. The first-order valence-electron chi connectivity index (χ1n) is 8.38. The molecule has 1 amide bonds. The van der Waals surface area contributed by atoms with Crippen molar-refractivity contribution in [2.24, 2.45) is 10.9 Å². The third-order valence-electron chi connectivity index (χ3n) is 4.52. The summed E-state index contributed by atoms with van der Waals surface area (Å²) in [5, 5.41) is 0.959. The molecule has 1 aliphatic heterocycles. The third kappa shape index (κ3) is 3.75. The van der Waals surface area contributed by atoms with Crippen molar-refractivity contribution in [3.05, 3.63) is 24.3 Å². The summed E-state index contributed by atoms with van der Waals surface area (Å²) >= 11 is 1.56. The van der Waals surface area contributed by atoms with E-state index in [1.54, 1.807) is 40.9 Å². The Hall–Kier alpha value is -1.38. The van der Waals surface area contributed by atoms with Gasteiger partial charge in [-0.05, 0) is 31.0 Å². The number of hydrogen-bond donors (Lipinski definition) is 0. The van der Waals surface area contributed by atoms with Crippen molar-refractivity contribution in [1.29, 1.82) is 0 Å². The zero-order chi connectivity index (χ0) is 18.2. The summed E-state index contributed by atoms with van der Waals surface area (Å²) in [6.07, 6.45) is 3.03. The standard InChI is InChI=1S/C17H23N3O3S2/c1-12-11-20(16(21)13-6-4-7-13)17(24-12)18-14-8-5-9-15(10-14)25(22,23)19(2)3/h5,8-10,12-13H,4,6-7,11H2,1-3H3/t12-/m1/s1. The molecule has 0 unspecified atom stereocenters. The lowest BCUT2D eigenvalue weighted by atomic mass is 9.84. The number of thioether (sulfide) groups is 1. The molecule has 1 saturated heterocycles. The molecule has 8 heteroatoms. The molecule has 1 atom stereocenters. The number of hydrogen-bond acceptors (Lipinski definition) is 5. The Labute approximate surface area is 153 Å². The maximum Gasteiger partial charge on any atom is 0.242 e. The van der Waals surface area contributed by atoms with Crippen LogP contribution in [-0.2, 0) is 14.8 Å². The van der Waals surface area contributed by atoms with Crippen molar-refractivity contribution in [3.8, 4) is 0 Å². The van der Waals surface area contributed by atoms with E-state index in [1.807, 2.05) is 0 Å². The van der Waals surface area contributed by atoms with E-state index >= 15 is 0 Å². The third-order valence-corrected chi connectivity index (χ3v) is 7.40.